The van der Waals surface area contributed by atoms with Crippen LogP contribution >= 0.6 is 11.6 Å². The van der Waals surface area contributed by atoms with E-state index in [9.17, 15) is 26.0 Å². The average Bonchev–Trinajstić information content (AvgIpc) is 2.97. The van der Waals surface area contributed by atoms with E-state index in [1.807, 2.05) is 0 Å². The summed E-state index contributed by atoms with van der Waals surface area (Å²) in [7, 11) is -2.93. The Hall–Kier alpha value is -2.39. The number of oxazole rings is 1. The van der Waals surface area contributed by atoms with Gasteiger partial charge in [0.2, 0.25) is 27.8 Å². The van der Waals surface area contributed by atoms with Gasteiger partial charge in [-0.2, -0.15) is 12.8 Å². The monoisotopic (exact) mass is 377 g/mol. The molecule has 0 saturated heterocycles. The normalized spacial score (nSPS) is 11.0. The molecule has 0 N–H and O–H groups in total. The molecule has 0 saturated carbocycles. The Labute approximate surface area is 137 Å². The summed E-state index contributed by atoms with van der Waals surface area (Å²) in [4.78, 5) is 2.89. The second kappa shape index (κ2) is 5.91. The lowest BCUT2D eigenvalue weighted by Gasteiger charge is -1.98. The number of hydrogen-bond acceptors (Lipinski definition) is 4. The van der Waals surface area contributed by atoms with Crippen molar-refractivity contribution >= 4 is 37.9 Å². The van der Waals surface area contributed by atoms with Gasteiger partial charge < -0.3 is 4.42 Å². The molecule has 24 heavy (non-hydrogen) atoms. The van der Waals surface area contributed by atoms with E-state index in [4.69, 9.17) is 16.0 Å². The summed E-state index contributed by atoms with van der Waals surface area (Å²) < 4.78 is 81.6. The van der Waals surface area contributed by atoms with Crippen LogP contribution in [0.2, 0.25) is 5.02 Å². The SMILES string of the molecule is O=S(=O)=C(c1ccc(Cl)cc1)c1nc2c(F)c(F)c(F)c(F)c2o1. The van der Waals surface area contributed by atoms with Crippen LogP contribution in [0.15, 0.2) is 28.7 Å². The van der Waals surface area contributed by atoms with Crippen LogP contribution in [0.1, 0.15) is 11.5 Å². The second-order valence-corrected chi connectivity index (χ2v) is 5.84. The first-order chi connectivity index (χ1) is 11.3. The van der Waals surface area contributed by atoms with Crippen molar-refractivity contribution in [1.82, 2.24) is 4.98 Å². The highest BCUT2D eigenvalue weighted by Gasteiger charge is 2.27. The molecule has 4 nitrogen and oxygen atoms in total. The minimum atomic E-state index is -2.93. The van der Waals surface area contributed by atoms with E-state index in [0.29, 0.717) is 5.02 Å². The van der Waals surface area contributed by atoms with Crippen LogP contribution in [0, 0.1) is 23.3 Å². The summed E-state index contributed by atoms with van der Waals surface area (Å²) >= 11 is 5.70. The maximum atomic E-state index is 13.7. The molecule has 3 aromatic rings. The van der Waals surface area contributed by atoms with Crippen LogP contribution in [-0.2, 0) is 10.3 Å². The van der Waals surface area contributed by atoms with Crippen LogP contribution in [0.3, 0.4) is 0 Å². The molecule has 0 unspecified atom stereocenters. The topological polar surface area (TPSA) is 60.2 Å². The average molecular weight is 378 g/mol. The van der Waals surface area contributed by atoms with Crippen molar-refractivity contribution in [3.8, 4) is 0 Å². The van der Waals surface area contributed by atoms with Gasteiger partial charge in [-0.3, -0.25) is 0 Å². The van der Waals surface area contributed by atoms with Crippen molar-refractivity contribution < 1.29 is 30.4 Å². The van der Waals surface area contributed by atoms with E-state index in [-0.39, 0.29) is 5.56 Å². The molecule has 0 aliphatic rings. The molecule has 1 heterocycles. The molecule has 0 radical (unpaired) electrons. The number of nitrogens with zero attached hydrogens (tertiary/aromatic N) is 1. The number of halogens is 5. The molecule has 0 amide bonds. The largest absolute Gasteiger partial charge is 0.432 e. The van der Waals surface area contributed by atoms with E-state index < -0.39 is 55.4 Å². The zero-order chi connectivity index (χ0) is 17.6. The highest BCUT2D eigenvalue weighted by Crippen LogP contribution is 2.28. The lowest BCUT2D eigenvalue weighted by molar-refractivity contribution is 0.410. The van der Waals surface area contributed by atoms with Gasteiger partial charge in [-0.05, 0) is 12.1 Å². The Kier molecular flexibility index (Phi) is 4.06. The molecule has 0 aliphatic carbocycles. The molecule has 0 spiro atoms. The zero-order valence-corrected chi connectivity index (χ0v) is 12.9. The maximum absolute atomic E-state index is 13.7. The molecule has 0 atom stereocenters. The highest BCUT2D eigenvalue weighted by atomic mass is 35.5. The van der Waals surface area contributed by atoms with Gasteiger partial charge in [0.15, 0.2) is 27.6 Å². The molecular formula is C14H4ClF4NO3S. The quantitative estimate of drug-likeness (QED) is 0.225. The number of hydrogen-bond donors (Lipinski definition) is 0. The van der Waals surface area contributed by atoms with E-state index in [2.05, 4.69) is 4.98 Å². The van der Waals surface area contributed by atoms with Crippen LogP contribution in [0.5, 0.6) is 0 Å². The minimum Gasteiger partial charge on any atom is -0.432 e. The molecular weight excluding hydrogens is 374 g/mol. The lowest BCUT2D eigenvalue weighted by Crippen LogP contribution is -2.05. The van der Waals surface area contributed by atoms with Crippen molar-refractivity contribution in [2.75, 3.05) is 0 Å². The molecule has 3 rings (SSSR count). The van der Waals surface area contributed by atoms with Crippen LogP contribution < -0.4 is 0 Å². The van der Waals surface area contributed by atoms with Gasteiger partial charge in [0.1, 0.15) is 0 Å². The van der Waals surface area contributed by atoms with E-state index >= 15 is 0 Å². The van der Waals surface area contributed by atoms with E-state index in [0.717, 1.165) is 0 Å². The zero-order valence-electron chi connectivity index (χ0n) is 11.3. The van der Waals surface area contributed by atoms with Crippen LogP contribution in [-0.4, -0.2) is 18.3 Å². The third-order valence-electron chi connectivity index (χ3n) is 3.08. The van der Waals surface area contributed by atoms with Gasteiger partial charge in [-0.25, -0.2) is 18.2 Å². The Morgan fingerprint density at radius 3 is 2.12 bits per heavy atom. The van der Waals surface area contributed by atoms with Crippen molar-refractivity contribution in [3.05, 3.63) is 64.0 Å². The van der Waals surface area contributed by atoms with Crippen molar-refractivity contribution in [1.29, 1.82) is 0 Å². The lowest BCUT2D eigenvalue weighted by atomic mass is 10.1. The summed E-state index contributed by atoms with van der Waals surface area (Å²) in [5.74, 6) is -8.47. The fourth-order valence-electron chi connectivity index (χ4n) is 2.00. The number of fused-ring (bicyclic) bond motifs is 1. The van der Waals surface area contributed by atoms with Crippen molar-refractivity contribution in [3.63, 3.8) is 0 Å². The minimum absolute atomic E-state index is 0.0565. The first kappa shape index (κ1) is 16.5. The standard InChI is InChI=1S/C14H4ClF4NO3S/c15-6-3-1-5(2-4-6)13(24(21)22)14-20-11-9(18)7(16)8(17)10(19)12(11)23-14/h1-4H. The second-order valence-electron chi connectivity index (χ2n) is 4.52. The maximum Gasteiger partial charge on any atom is 0.243 e. The molecule has 1 aromatic heterocycles. The molecule has 10 heteroatoms. The van der Waals surface area contributed by atoms with Gasteiger partial charge in [-0.1, -0.05) is 23.7 Å². The smallest absolute Gasteiger partial charge is 0.243 e. The van der Waals surface area contributed by atoms with Gasteiger partial charge >= 0.3 is 0 Å². The molecule has 0 fully saturated rings. The molecule has 124 valence electrons. The predicted octanol–water partition coefficient (Wildman–Crippen LogP) is 3.49. The number of rotatable bonds is 2. The third kappa shape index (κ3) is 2.55. The molecule has 2 aromatic carbocycles. The first-order valence-electron chi connectivity index (χ1n) is 6.16. The van der Waals surface area contributed by atoms with Gasteiger partial charge in [-0.15, -0.1) is 0 Å². The van der Waals surface area contributed by atoms with Crippen molar-refractivity contribution in [2.24, 2.45) is 0 Å². The number of benzene rings is 2. The summed E-state index contributed by atoms with van der Waals surface area (Å²) in [6.07, 6.45) is 0. The highest BCUT2D eigenvalue weighted by molar-refractivity contribution is 7.73. The van der Waals surface area contributed by atoms with Gasteiger partial charge in [0.05, 0.1) is 0 Å². The Morgan fingerprint density at radius 1 is 0.958 bits per heavy atom. The Balaban J connectivity index is 2.32. The fraction of sp³-hybridized carbons (Fsp3) is 0. The summed E-state index contributed by atoms with van der Waals surface area (Å²) in [6, 6.07) is 5.34. The number of aromatic nitrogens is 1. The Morgan fingerprint density at radius 2 is 1.54 bits per heavy atom. The van der Waals surface area contributed by atoms with Crippen molar-refractivity contribution in [2.45, 2.75) is 0 Å². The van der Waals surface area contributed by atoms with Gasteiger partial charge in [0.25, 0.3) is 0 Å². The predicted molar refractivity (Wildman–Crippen MR) is 77.4 cm³/mol. The van der Waals surface area contributed by atoms with Crippen LogP contribution in [0.4, 0.5) is 17.6 Å². The molecule has 0 aliphatic heterocycles. The van der Waals surface area contributed by atoms with E-state index in [1.54, 1.807) is 0 Å². The summed E-state index contributed by atoms with van der Waals surface area (Å²) in [5.41, 5.74) is -1.93. The summed E-state index contributed by atoms with van der Waals surface area (Å²) in [5, 5.41) is 0.313. The Bertz CT molecular complexity index is 1050. The first-order valence-corrected chi connectivity index (χ1v) is 7.61. The van der Waals surface area contributed by atoms with E-state index in [1.165, 1.54) is 24.3 Å². The van der Waals surface area contributed by atoms with Crippen LogP contribution in [0.25, 0.3) is 11.1 Å². The third-order valence-corrected chi connectivity index (χ3v) is 4.08. The van der Waals surface area contributed by atoms with Gasteiger partial charge in [0, 0.05) is 10.6 Å². The molecule has 0 bridgehead atoms. The summed E-state index contributed by atoms with van der Waals surface area (Å²) in [6.45, 7) is 0. The fourth-order valence-corrected chi connectivity index (χ4v) is 2.69.